The fraction of sp³-hybridized carbons (Fsp3) is 0.0667. The Balaban J connectivity index is 1.85. The van der Waals surface area contributed by atoms with E-state index in [0.717, 1.165) is 5.69 Å². The highest BCUT2D eigenvalue weighted by molar-refractivity contribution is 6.30. The maximum Gasteiger partial charge on any atom is 0.254 e. The van der Waals surface area contributed by atoms with Gasteiger partial charge in [-0.05, 0) is 24.3 Å². The molecule has 1 N–H and O–H groups in total. The maximum atomic E-state index is 5.94. The Hall–Kier alpha value is -2.64. The first-order valence-corrected chi connectivity index (χ1v) is 7.78. The number of nitrogens with zero attached hydrogens (tertiary/aromatic N) is 6. The van der Waals surface area contributed by atoms with Crippen LogP contribution < -0.4 is 5.32 Å². The third kappa shape index (κ3) is 2.68. The smallest absolute Gasteiger partial charge is 0.254 e. The van der Waals surface area contributed by atoms with Crippen LogP contribution in [-0.2, 0) is 7.05 Å². The summed E-state index contributed by atoms with van der Waals surface area (Å²) < 4.78 is 3.33. The molecule has 0 atom stereocenters. The van der Waals surface area contributed by atoms with Gasteiger partial charge in [0, 0.05) is 17.8 Å². The molecule has 3 heterocycles. The Morgan fingerprint density at radius 2 is 1.83 bits per heavy atom. The van der Waals surface area contributed by atoms with Gasteiger partial charge in [-0.15, -0.1) is 0 Å². The van der Waals surface area contributed by atoms with Gasteiger partial charge in [0.2, 0.25) is 0 Å². The zero-order chi connectivity index (χ0) is 16.7. The van der Waals surface area contributed by atoms with Gasteiger partial charge in [-0.1, -0.05) is 23.2 Å². The van der Waals surface area contributed by atoms with Crippen LogP contribution in [0.1, 0.15) is 0 Å². The third-order valence-corrected chi connectivity index (χ3v) is 3.86. The Morgan fingerprint density at radius 1 is 1.04 bits per heavy atom. The Labute approximate surface area is 146 Å². The number of fused-ring (bicyclic) bond motifs is 1. The van der Waals surface area contributed by atoms with Crippen molar-refractivity contribution in [3.8, 4) is 5.95 Å². The fourth-order valence-corrected chi connectivity index (χ4v) is 2.53. The van der Waals surface area contributed by atoms with Crippen molar-refractivity contribution in [1.82, 2.24) is 29.3 Å². The summed E-state index contributed by atoms with van der Waals surface area (Å²) >= 11 is 11.9. The van der Waals surface area contributed by atoms with E-state index in [4.69, 9.17) is 23.2 Å². The minimum atomic E-state index is 0.398. The molecule has 0 radical (unpaired) electrons. The van der Waals surface area contributed by atoms with Crippen molar-refractivity contribution in [3.63, 3.8) is 0 Å². The molecule has 1 aromatic carbocycles. The highest BCUT2D eigenvalue weighted by Gasteiger charge is 2.14. The van der Waals surface area contributed by atoms with Crippen LogP contribution in [0.5, 0.6) is 0 Å². The highest BCUT2D eigenvalue weighted by Crippen LogP contribution is 2.24. The van der Waals surface area contributed by atoms with E-state index in [1.54, 1.807) is 24.7 Å². The van der Waals surface area contributed by atoms with Crippen molar-refractivity contribution >= 4 is 45.9 Å². The monoisotopic (exact) mass is 359 g/mol. The number of hydrogen-bond acceptors (Lipinski definition) is 5. The van der Waals surface area contributed by atoms with E-state index in [0.29, 0.717) is 33.0 Å². The topological polar surface area (TPSA) is 73.5 Å². The molecule has 0 unspecified atom stereocenters. The van der Waals surface area contributed by atoms with Gasteiger partial charge < -0.3 is 9.88 Å². The van der Waals surface area contributed by atoms with Crippen LogP contribution in [0.4, 0.5) is 11.5 Å². The van der Waals surface area contributed by atoms with Crippen LogP contribution in [0.2, 0.25) is 10.0 Å². The minimum absolute atomic E-state index is 0.398. The van der Waals surface area contributed by atoms with Gasteiger partial charge in [-0.25, -0.2) is 9.67 Å². The lowest BCUT2D eigenvalue weighted by molar-refractivity contribution is 0.809. The van der Waals surface area contributed by atoms with Gasteiger partial charge in [-0.2, -0.15) is 15.1 Å². The molecule has 0 amide bonds. The summed E-state index contributed by atoms with van der Waals surface area (Å²) in [6.45, 7) is 0. The van der Waals surface area contributed by atoms with Gasteiger partial charge in [0.05, 0.1) is 23.7 Å². The summed E-state index contributed by atoms with van der Waals surface area (Å²) in [6.07, 6.45) is 4.86. The van der Waals surface area contributed by atoms with Crippen molar-refractivity contribution in [1.29, 1.82) is 0 Å². The second-order valence-corrected chi connectivity index (χ2v) is 6.01. The van der Waals surface area contributed by atoms with Crippen LogP contribution in [0.15, 0.2) is 43.0 Å². The summed E-state index contributed by atoms with van der Waals surface area (Å²) in [5.41, 5.74) is 2.19. The zero-order valence-electron chi connectivity index (χ0n) is 12.5. The molecule has 120 valence electrons. The number of rotatable bonds is 3. The standard InChI is InChI=1S/C15H11Cl2N7/c1-23-8-18-12-13(20-11-4-2-9(16)3-5-11)21-15(22-14(12)23)24-7-10(17)6-19-24/h2-8H,1H3,(H,20,21,22). The van der Waals surface area contributed by atoms with Crippen LogP contribution in [-0.4, -0.2) is 29.3 Å². The SMILES string of the molecule is Cn1cnc2c(Nc3ccc(Cl)cc3)nc(-n3cc(Cl)cn3)nc21. The quantitative estimate of drug-likeness (QED) is 0.604. The van der Waals surface area contributed by atoms with E-state index in [2.05, 4.69) is 25.4 Å². The molecule has 0 aliphatic heterocycles. The first kappa shape index (κ1) is 14.9. The molecule has 24 heavy (non-hydrogen) atoms. The van der Waals surface area contributed by atoms with E-state index in [1.165, 1.54) is 10.9 Å². The average Bonchev–Trinajstić information content (AvgIpc) is 3.16. The van der Waals surface area contributed by atoms with E-state index in [1.807, 2.05) is 23.7 Å². The molecule has 7 nitrogen and oxygen atoms in total. The highest BCUT2D eigenvalue weighted by atomic mass is 35.5. The first-order chi connectivity index (χ1) is 11.6. The Bertz CT molecular complexity index is 1020. The molecule has 0 saturated heterocycles. The number of anilines is 2. The number of aryl methyl sites for hydroxylation is 1. The fourth-order valence-electron chi connectivity index (χ4n) is 2.27. The minimum Gasteiger partial charge on any atom is -0.338 e. The third-order valence-electron chi connectivity index (χ3n) is 3.41. The number of benzene rings is 1. The van der Waals surface area contributed by atoms with Gasteiger partial charge in [0.25, 0.3) is 5.95 Å². The van der Waals surface area contributed by atoms with Crippen molar-refractivity contribution < 1.29 is 0 Å². The lowest BCUT2D eigenvalue weighted by Crippen LogP contribution is -2.06. The van der Waals surface area contributed by atoms with Crippen molar-refractivity contribution in [2.24, 2.45) is 7.05 Å². The van der Waals surface area contributed by atoms with E-state index in [9.17, 15) is 0 Å². The van der Waals surface area contributed by atoms with E-state index in [-0.39, 0.29) is 0 Å². The maximum absolute atomic E-state index is 5.94. The normalized spacial score (nSPS) is 11.1. The average molecular weight is 360 g/mol. The molecule has 0 saturated carbocycles. The van der Waals surface area contributed by atoms with Gasteiger partial charge in [0.1, 0.15) is 0 Å². The number of imidazole rings is 1. The second-order valence-electron chi connectivity index (χ2n) is 5.13. The van der Waals surface area contributed by atoms with E-state index >= 15 is 0 Å². The number of aromatic nitrogens is 6. The summed E-state index contributed by atoms with van der Waals surface area (Å²) in [5.74, 6) is 0.971. The van der Waals surface area contributed by atoms with Crippen LogP contribution in [0.25, 0.3) is 17.1 Å². The Kier molecular flexibility index (Phi) is 3.59. The molecule has 4 aromatic rings. The van der Waals surface area contributed by atoms with Crippen molar-refractivity contribution in [2.75, 3.05) is 5.32 Å². The van der Waals surface area contributed by atoms with Crippen LogP contribution in [0.3, 0.4) is 0 Å². The van der Waals surface area contributed by atoms with Gasteiger partial charge >= 0.3 is 0 Å². The van der Waals surface area contributed by atoms with Gasteiger partial charge in [0.15, 0.2) is 17.0 Å². The van der Waals surface area contributed by atoms with E-state index < -0.39 is 0 Å². The summed E-state index contributed by atoms with van der Waals surface area (Å²) in [6, 6.07) is 7.33. The zero-order valence-corrected chi connectivity index (χ0v) is 14.0. The van der Waals surface area contributed by atoms with Crippen molar-refractivity contribution in [2.45, 2.75) is 0 Å². The number of halogens is 2. The largest absolute Gasteiger partial charge is 0.338 e. The molecule has 9 heteroatoms. The molecule has 3 aromatic heterocycles. The molecular weight excluding hydrogens is 349 g/mol. The first-order valence-electron chi connectivity index (χ1n) is 7.02. The predicted molar refractivity (Wildman–Crippen MR) is 93.2 cm³/mol. The molecular formula is C15H11Cl2N7. The van der Waals surface area contributed by atoms with Crippen LogP contribution >= 0.6 is 23.2 Å². The molecule has 0 bridgehead atoms. The summed E-state index contributed by atoms with van der Waals surface area (Å²) in [7, 11) is 1.87. The second kappa shape index (κ2) is 5.77. The molecule has 0 spiro atoms. The molecule has 0 aliphatic carbocycles. The number of nitrogens with one attached hydrogen (secondary N) is 1. The lowest BCUT2D eigenvalue weighted by atomic mass is 10.3. The molecule has 0 fully saturated rings. The number of hydrogen-bond donors (Lipinski definition) is 1. The molecule has 0 aliphatic rings. The predicted octanol–water partition coefficient (Wildman–Crippen LogP) is 3.60. The summed E-state index contributed by atoms with van der Waals surface area (Å²) in [4.78, 5) is 13.4. The van der Waals surface area contributed by atoms with Crippen molar-refractivity contribution in [3.05, 3.63) is 53.0 Å². The lowest BCUT2D eigenvalue weighted by Gasteiger charge is -2.08. The summed E-state index contributed by atoms with van der Waals surface area (Å²) in [5, 5.41) is 8.57. The Morgan fingerprint density at radius 3 is 2.54 bits per heavy atom. The van der Waals surface area contributed by atoms with Crippen LogP contribution in [0, 0.1) is 0 Å². The molecule has 4 rings (SSSR count). The van der Waals surface area contributed by atoms with Gasteiger partial charge in [-0.3, -0.25) is 0 Å².